The number of rotatable bonds is 3. The molecule has 0 amide bonds. The van der Waals surface area contributed by atoms with E-state index >= 15 is 0 Å². The van der Waals surface area contributed by atoms with Gasteiger partial charge >= 0.3 is 12.3 Å². The highest BCUT2D eigenvalue weighted by molar-refractivity contribution is 6.17. The lowest BCUT2D eigenvalue weighted by Crippen LogP contribution is -2.23. The van der Waals surface area contributed by atoms with Crippen LogP contribution in [0.4, 0.5) is 13.2 Å². The van der Waals surface area contributed by atoms with Crippen LogP contribution in [0.1, 0.15) is 16.1 Å². The first-order valence-corrected chi connectivity index (χ1v) is 4.98. The predicted octanol–water partition coefficient (Wildman–Crippen LogP) is 1.80. The van der Waals surface area contributed by atoms with Crippen molar-refractivity contribution in [1.82, 2.24) is 4.98 Å². The predicted molar refractivity (Wildman–Crippen MR) is 54.6 cm³/mol. The summed E-state index contributed by atoms with van der Waals surface area (Å²) in [6.45, 7) is 0. The average Bonchev–Trinajstić information content (AvgIpc) is 2.25. The molecule has 9 heteroatoms. The van der Waals surface area contributed by atoms with E-state index in [2.05, 4.69) is 14.5 Å². The molecule has 0 aromatic carbocycles. The van der Waals surface area contributed by atoms with E-state index in [9.17, 15) is 22.8 Å². The molecular formula is C9H7ClF3NO4. The number of H-pyrrole nitrogens is 1. The number of hydrogen-bond donors (Lipinski definition) is 1. The fourth-order valence-corrected chi connectivity index (χ4v) is 1.42. The van der Waals surface area contributed by atoms with Crippen LogP contribution in [0, 0.1) is 0 Å². The van der Waals surface area contributed by atoms with Crippen LogP contribution in [0.15, 0.2) is 10.9 Å². The molecule has 18 heavy (non-hydrogen) atoms. The SMILES string of the molecule is COC(=O)c1c(OC(F)(F)F)cc(=O)[nH]c1CCl. The third-order valence-electron chi connectivity index (χ3n) is 1.83. The molecular weight excluding hydrogens is 279 g/mol. The summed E-state index contributed by atoms with van der Waals surface area (Å²) in [6.07, 6.45) is -5.04. The van der Waals surface area contributed by atoms with E-state index in [-0.39, 0.29) is 11.6 Å². The topological polar surface area (TPSA) is 68.4 Å². The zero-order chi connectivity index (χ0) is 13.9. The second-order valence-electron chi connectivity index (χ2n) is 3.02. The maximum absolute atomic E-state index is 12.1. The summed E-state index contributed by atoms with van der Waals surface area (Å²) in [5, 5.41) is 0. The molecule has 1 rings (SSSR count). The minimum atomic E-state index is -5.04. The molecule has 0 saturated carbocycles. The Balaban J connectivity index is 3.42. The second-order valence-corrected chi connectivity index (χ2v) is 3.29. The molecule has 0 spiro atoms. The van der Waals surface area contributed by atoms with Gasteiger partial charge in [-0.25, -0.2) is 4.79 Å². The number of esters is 1. The molecule has 100 valence electrons. The maximum Gasteiger partial charge on any atom is 0.573 e. The number of halogens is 4. The normalized spacial score (nSPS) is 11.2. The number of carbonyl (C=O) groups is 1. The van der Waals surface area contributed by atoms with Gasteiger partial charge in [0.2, 0.25) is 0 Å². The van der Waals surface area contributed by atoms with Gasteiger partial charge in [-0.05, 0) is 0 Å². The van der Waals surface area contributed by atoms with Gasteiger partial charge in [0.05, 0.1) is 18.7 Å². The fraction of sp³-hybridized carbons (Fsp3) is 0.333. The van der Waals surface area contributed by atoms with Gasteiger partial charge in [-0.15, -0.1) is 24.8 Å². The Morgan fingerprint density at radius 2 is 2.11 bits per heavy atom. The van der Waals surface area contributed by atoms with Gasteiger partial charge in [-0.3, -0.25) is 4.79 Å². The monoisotopic (exact) mass is 285 g/mol. The molecule has 0 aliphatic heterocycles. The molecule has 0 radical (unpaired) electrons. The van der Waals surface area contributed by atoms with Gasteiger partial charge in [0, 0.05) is 6.07 Å². The Morgan fingerprint density at radius 3 is 2.56 bits per heavy atom. The first-order chi connectivity index (χ1) is 8.28. The third-order valence-corrected chi connectivity index (χ3v) is 2.10. The van der Waals surface area contributed by atoms with E-state index in [0.29, 0.717) is 6.07 Å². The summed E-state index contributed by atoms with van der Waals surface area (Å²) in [5.41, 5.74) is -1.66. The van der Waals surface area contributed by atoms with Gasteiger partial charge in [-0.2, -0.15) is 0 Å². The maximum atomic E-state index is 12.1. The molecule has 0 bridgehead atoms. The van der Waals surface area contributed by atoms with Crippen LogP contribution in [0.25, 0.3) is 0 Å². The molecule has 1 aromatic rings. The van der Waals surface area contributed by atoms with Gasteiger partial charge in [-0.1, -0.05) is 0 Å². The number of pyridine rings is 1. The number of nitrogens with one attached hydrogen (secondary N) is 1. The summed E-state index contributed by atoms with van der Waals surface area (Å²) in [4.78, 5) is 24.6. The minimum Gasteiger partial charge on any atom is -0.465 e. The summed E-state index contributed by atoms with van der Waals surface area (Å²) < 4.78 is 44.3. The van der Waals surface area contributed by atoms with E-state index in [1.807, 2.05) is 0 Å². The van der Waals surface area contributed by atoms with Crippen molar-refractivity contribution < 1.29 is 27.4 Å². The van der Waals surface area contributed by atoms with E-state index in [4.69, 9.17) is 11.6 Å². The standard InChI is InChI=1S/C9H7ClF3NO4/c1-17-8(16)7-4(3-10)14-6(15)2-5(7)18-9(11,12)13/h2H,3H2,1H3,(H,14,15). The highest BCUT2D eigenvalue weighted by atomic mass is 35.5. The molecule has 0 saturated heterocycles. The lowest BCUT2D eigenvalue weighted by atomic mass is 10.2. The van der Waals surface area contributed by atoms with Gasteiger partial charge < -0.3 is 14.5 Å². The van der Waals surface area contributed by atoms with Crippen LogP contribution >= 0.6 is 11.6 Å². The van der Waals surface area contributed by atoms with Crippen LogP contribution in [-0.2, 0) is 10.6 Å². The fourth-order valence-electron chi connectivity index (χ4n) is 1.22. The first kappa shape index (κ1) is 14.4. The zero-order valence-electron chi connectivity index (χ0n) is 8.93. The van der Waals surface area contributed by atoms with Gasteiger partial charge in [0.1, 0.15) is 5.56 Å². The smallest absolute Gasteiger partial charge is 0.465 e. The van der Waals surface area contributed by atoms with E-state index in [0.717, 1.165) is 7.11 Å². The van der Waals surface area contributed by atoms with Crippen molar-refractivity contribution in [3.05, 3.63) is 27.7 Å². The number of carbonyl (C=O) groups excluding carboxylic acids is 1. The molecule has 0 unspecified atom stereocenters. The Bertz CT molecular complexity index is 512. The minimum absolute atomic E-state index is 0.213. The van der Waals surface area contributed by atoms with Crippen LogP contribution in [-0.4, -0.2) is 24.4 Å². The Hall–Kier alpha value is -1.70. The van der Waals surface area contributed by atoms with Crippen molar-refractivity contribution in [2.75, 3.05) is 7.11 Å². The number of ether oxygens (including phenoxy) is 2. The van der Waals surface area contributed by atoms with Crippen LogP contribution < -0.4 is 10.3 Å². The molecule has 0 aliphatic rings. The molecule has 0 fully saturated rings. The van der Waals surface area contributed by atoms with Crippen LogP contribution in [0.3, 0.4) is 0 Å². The highest BCUT2D eigenvalue weighted by Gasteiger charge is 2.34. The number of hydrogen-bond acceptors (Lipinski definition) is 4. The molecule has 1 N–H and O–H groups in total. The summed E-state index contributed by atoms with van der Waals surface area (Å²) >= 11 is 5.43. The number of alkyl halides is 4. The highest BCUT2D eigenvalue weighted by Crippen LogP contribution is 2.27. The second kappa shape index (κ2) is 5.30. The summed E-state index contributed by atoms with van der Waals surface area (Å²) in [7, 11) is 0.975. The van der Waals surface area contributed by atoms with Crippen LogP contribution in [0.5, 0.6) is 5.75 Å². The Labute approximate surface area is 103 Å². The molecule has 1 heterocycles. The van der Waals surface area contributed by atoms with E-state index in [1.165, 1.54) is 0 Å². The van der Waals surface area contributed by atoms with Crippen molar-refractivity contribution >= 4 is 17.6 Å². The Morgan fingerprint density at radius 1 is 1.50 bits per heavy atom. The first-order valence-electron chi connectivity index (χ1n) is 4.44. The molecule has 0 aliphatic carbocycles. The summed E-state index contributed by atoms with van der Waals surface area (Å²) in [6, 6.07) is 0.496. The quantitative estimate of drug-likeness (QED) is 0.679. The van der Waals surface area contributed by atoms with Gasteiger partial charge in [0.15, 0.2) is 5.75 Å². The largest absolute Gasteiger partial charge is 0.573 e. The van der Waals surface area contributed by atoms with Crippen molar-refractivity contribution in [1.29, 1.82) is 0 Å². The number of aromatic amines is 1. The van der Waals surface area contributed by atoms with Crippen molar-refractivity contribution in [3.8, 4) is 5.75 Å². The van der Waals surface area contributed by atoms with Crippen molar-refractivity contribution in [2.45, 2.75) is 12.2 Å². The molecule has 1 aromatic heterocycles. The number of methoxy groups -OCH3 is 1. The van der Waals surface area contributed by atoms with Crippen LogP contribution in [0.2, 0.25) is 0 Å². The molecule has 5 nitrogen and oxygen atoms in total. The zero-order valence-corrected chi connectivity index (χ0v) is 9.69. The van der Waals surface area contributed by atoms with Crippen molar-refractivity contribution in [3.63, 3.8) is 0 Å². The summed E-state index contributed by atoms with van der Waals surface area (Å²) in [5.74, 6) is -2.43. The third kappa shape index (κ3) is 3.39. The van der Waals surface area contributed by atoms with Gasteiger partial charge in [0.25, 0.3) is 5.56 Å². The van der Waals surface area contributed by atoms with E-state index < -0.39 is 29.2 Å². The lowest BCUT2D eigenvalue weighted by Gasteiger charge is -2.13. The van der Waals surface area contributed by atoms with Crippen molar-refractivity contribution in [2.24, 2.45) is 0 Å². The lowest BCUT2D eigenvalue weighted by molar-refractivity contribution is -0.274. The molecule has 0 atom stereocenters. The number of aromatic nitrogens is 1. The van der Waals surface area contributed by atoms with E-state index in [1.54, 1.807) is 0 Å². The average molecular weight is 286 g/mol. The Kier molecular flexibility index (Phi) is 4.23.